The summed E-state index contributed by atoms with van der Waals surface area (Å²) in [5.74, 6) is -2.53. The Morgan fingerprint density at radius 3 is 2.46 bits per heavy atom. The summed E-state index contributed by atoms with van der Waals surface area (Å²) in [6, 6.07) is 0.465. The fraction of sp³-hybridized carbons (Fsp3) is 0.353. The van der Waals surface area contributed by atoms with Gasteiger partial charge >= 0.3 is 0 Å². The average molecular weight is 327 g/mol. The van der Waals surface area contributed by atoms with Gasteiger partial charge in [0.2, 0.25) is 5.78 Å². The zero-order valence-corrected chi connectivity index (χ0v) is 12.4. The molecule has 7 heteroatoms. The molecule has 2 unspecified atom stereocenters. The minimum absolute atomic E-state index is 0.195. The van der Waals surface area contributed by atoms with Gasteiger partial charge in [-0.25, -0.2) is 0 Å². The monoisotopic (exact) mass is 327 g/mol. The van der Waals surface area contributed by atoms with Crippen molar-refractivity contribution < 1.29 is 29.3 Å². The lowest BCUT2D eigenvalue weighted by Gasteiger charge is -2.35. The number of aliphatic hydroxyl groups is 2. The molecule has 0 radical (unpaired) electrons. The lowest BCUT2D eigenvalue weighted by atomic mass is 9.81. The highest BCUT2D eigenvalue weighted by atomic mass is 16.5. The van der Waals surface area contributed by atoms with Crippen LogP contribution in [0.15, 0.2) is 46.8 Å². The number of fused-ring (bicyclic) bond motifs is 2. The third-order valence-corrected chi connectivity index (χ3v) is 5.70. The van der Waals surface area contributed by atoms with Gasteiger partial charge in [0.1, 0.15) is 5.76 Å². The van der Waals surface area contributed by atoms with E-state index in [4.69, 9.17) is 4.74 Å². The van der Waals surface area contributed by atoms with Crippen molar-refractivity contribution in [2.75, 3.05) is 6.54 Å². The van der Waals surface area contributed by atoms with Crippen LogP contribution < -0.4 is 5.32 Å². The molecular formula is C17H13NO6. The third kappa shape index (κ3) is 1.48. The van der Waals surface area contributed by atoms with E-state index in [-0.39, 0.29) is 16.7 Å². The van der Waals surface area contributed by atoms with Gasteiger partial charge in [-0.2, -0.15) is 0 Å². The summed E-state index contributed by atoms with van der Waals surface area (Å²) < 4.78 is 5.72. The van der Waals surface area contributed by atoms with Crippen LogP contribution in [0.5, 0.6) is 0 Å². The standard InChI is InChI=1S/C17H13NO6/c19-7-4-9(21)8(20)3-6(7)16-15(23)10(22)5-11(24-16)17-1-2-18-14-12(17)13(14)17/h3-5,12-14,18,20-21H,1-2H2/b16-6-. The van der Waals surface area contributed by atoms with Crippen molar-refractivity contribution in [1.82, 2.24) is 5.32 Å². The van der Waals surface area contributed by atoms with E-state index >= 15 is 0 Å². The molecule has 1 saturated heterocycles. The number of hydrogen-bond donors (Lipinski definition) is 3. The summed E-state index contributed by atoms with van der Waals surface area (Å²) in [6.07, 6.45) is 3.82. The third-order valence-electron chi connectivity index (χ3n) is 5.70. The zero-order valence-electron chi connectivity index (χ0n) is 12.4. The molecule has 0 amide bonds. The minimum atomic E-state index is -0.919. The van der Waals surface area contributed by atoms with E-state index < -0.39 is 28.9 Å². The van der Waals surface area contributed by atoms with Crippen molar-refractivity contribution in [2.24, 2.45) is 17.3 Å². The number of carbonyl (C=O) groups is 3. The molecule has 3 fully saturated rings. The van der Waals surface area contributed by atoms with Crippen LogP contribution in [0.3, 0.4) is 0 Å². The van der Waals surface area contributed by atoms with Crippen molar-refractivity contribution in [2.45, 2.75) is 12.5 Å². The number of rotatable bonds is 1. The molecular weight excluding hydrogens is 314 g/mol. The Bertz CT molecular complexity index is 864. The summed E-state index contributed by atoms with van der Waals surface area (Å²) in [7, 11) is 0. The number of aliphatic hydroxyl groups excluding tert-OH is 2. The first-order valence-electron chi connectivity index (χ1n) is 7.77. The summed E-state index contributed by atoms with van der Waals surface area (Å²) in [5, 5.41) is 22.4. The van der Waals surface area contributed by atoms with Crippen LogP contribution in [0.25, 0.3) is 0 Å². The quantitative estimate of drug-likeness (QED) is 0.471. The van der Waals surface area contributed by atoms with Gasteiger partial charge in [-0.1, -0.05) is 0 Å². The molecule has 0 spiro atoms. The molecule has 0 aromatic rings. The highest BCUT2D eigenvalue weighted by Crippen LogP contribution is 2.83. The van der Waals surface area contributed by atoms with Crippen LogP contribution in [0, 0.1) is 17.3 Å². The number of hydrogen-bond acceptors (Lipinski definition) is 7. The van der Waals surface area contributed by atoms with Crippen LogP contribution in [-0.4, -0.2) is 40.1 Å². The molecule has 122 valence electrons. The molecule has 2 saturated carbocycles. The second-order valence-electron chi connectivity index (χ2n) is 6.79. The molecule has 3 N–H and O–H groups in total. The van der Waals surface area contributed by atoms with E-state index in [1.54, 1.807) is 0 Å². The number of ketones is 3. The zero-order chi connectivity index (χ0) is 16.8. The van der Waals surface area contributed by atoms with Gasteiger partial charge in [0.15, 0.2) is 23.1 Å². The second kappa shape index (κ2) is 4.05. The van der Waals surface area contributed by atoms with E-state index in [1.807, 2.05) is 0 Å². The molecule has 2 aliphatic heterocycles. The number of piperidine rings is 2. The molecule has 5 aliphatic rings. The first-order chi connectivity index (χ1) is 11.4. The van der Waals surface area contributed by atoms with Gasteiger partial charge in [0, 0.05) is 23.6 Å². The molecule has 0 aromatic carbocycles. The fourth-order valence-electron chi connectivity index (χ4n) is 4.44. The largest absolute Gasteiger partial charge is 0.504 e. The summed E-state index contributed by atoms with van der Waals surface area (Å²) in [5.41, 5.74) is -0.412. The molecule has 24 heavy (non-hydrogen) atoms. The predicted octanol–water partition coefficient (Wildman–Crippen LogP) is 0.367. The van der Waals surface area contributed by atoms with Crippen LogP contribution in [0.4, 0.5) is 0 Å². The highest BCUT2D eigenvalue weighted by Gasteiger charge is 2.87. The molecule has 0 aromatic heterocycles. The topological polar surface area (TPSA) is 113 Å². The van der Waals surface area contributed by atoms with Gasteiger partial charge in [-0.15, -0.1) is 0 Å². The van der Waals surface area contributed by atoms with Crippen molar-refractivity contribution in [3.05, 3.63) is 46.8 Å². The first-order valence-corrected chi connectivity index (χ1v) is 7.77. The van der Waals surface area contributed by atoms with Gasteiger partial charge in [-0.3, -0.25) is 14.4 Å². The molecule has 2 heterocycles. The number of nitrogens with one attached hydrogen (secondary N) is 1. The lowest BCUT2D eigenvalue weighted by Crippen LogP contribution is -2.43. The Kier molecular flexibility index (Phi) is 2.32. The van der Waals surface area contributed by atoms with E-state index in [1.165, 1.54) is 6.08 Å². The van der Waals surface area contributed by atoms with Gasteiger partial charge in [-0.05, 0) is 30.9 Å². The Morgan fingerprint density at radius 2 is 1.75 bits per heavy atom. The fourth-order valence-corrected chi connectivity index (χ4v) is 4.44. The Balaban J connectivity index is 1.56. The molecule has 5 rings (SSSR count). The summed E-state index contributed by atoms with van der Waals surface area (Å²) in [4.78, 5) is 36.3. The van der Waals surface area contributed by atoms with Crippen LogP contribution in [0.1, 0.15) is 6.42 Å². The van der Waals surface area contributed by atoms with Crippen molar-refractivity contribution in [1.29, 1.82) is 0 Å². The second-order valence-corrected chi connectivity index (χ2v) is 6.79. The predicted molar refractivity (Wildman–Crippen MR) is 78.5 cm³/mol. The maximum atomic E-state index is 12.2. The number of ether oxygens (including phenoxy) is 1. The van der Waals surface area contributed by atoms with Crippen molar-refractivity contribution >= 4 is 17.3 Å². The number of allylic oxidation sites excluding steroid dienone is 6. The maximum Gasteiger partial charge on any atom is 0.268 e. The maximum absolute atomic E-state index is 12.2. The Hall–Kier alpha value is -2.67. The summed E-state index contributed by atoms with van der Waals surface area (Å²) >= 11 is 0. The SMILES string of the molecule is O=C1C=C(C23CCNC4C2C43)O/C(=C2/C=C(O)C(O)=CC2=O)C1=O. The number of Topliss-reactive ketones (excluding diaryl/α,β-unsaturated/α-hetero) is 1. The van der Waals surface area contributed by atoms with Gasteiger partial charge in [0.05, 0.1) is 5.57 Å². The van der Waals surface area contributed by atoms with E-state index in [0.29, 0.717) is 23.6 Å². The summed E-state index contributed by atoms with van der Waals surface area (Å²) in [6.45, 7) is 0.822. The first kappa shape index (κ1) is 13.7. The highest BCUT2D eigenvalue weighted by molar-refractivity contribution is 6.48. The number of carbonyl (C=O) groups excluding carboxylic acids is 3. The van der Waals surface area contributed by atoms with E-state index in [9.17, 15) is 24.6 Å². The minimum Gasteiger partial charge on any atom is -0.504 e. The van der Waals surface area contributed by atoms with Crippen molar-refractivity contribution in [3.63, 3.8) is 0 Å². The van der Waals surface area contributed by atoms with E-state index in [2.05, 4.69) is 5.32 Å². The average Bonchev–Trinajstić information content (AvgIpc) is 3.45. The van der Waals surface area contributed by atoms with Gasteiger partial charge < -0.3 is 20.3 Å². The molecule has 7 nitrogen and oxygen atoms in total. The Morgan fingerprint density at radius 1 is 1.04 bits per heavy atom. The van der Waals surface area contributed by atoms with Crippen LogP contribution in [-0.2, 0) is 19.1 Å². The Labute approximate surface area is 136 Å². The molecule has 0 bridgehead atoms. The van der Waals surface area contributed by atoms with Crippen molar-refractivity contribution in [3.8, 4) is 0 Å². The smallest absolute Gasteiger partial charge is 0.268 e. The van der Waals surface area contributed by atoms with E-state index in [0.717, 1.165) is 25.1 Å². The van der Waals surface area contributed by atoms with Crippen LogP contribution in [0.2, 0.25) is 0 Å². The van der Waals surface area contributed by atoms with Crippen LogP contribution >= 0.6 is 0 Å². The molecule has 2 atom stereocenters. The normalized spacial score (nSPS) is 42.6. The van der Waals surface area contributed by atoms with Gasteiger partial charge in [0.25, 0.3) is 5.78 Å². The lowest BCUT2D eigenvalue weighted by molar-refractivity contribution is -0.134. The molecule has 3 aliphatic carbocycles.